The average molecular weight is 327 g/mol. The predicted molar refractivity (Wildman–Crippen MR) is 83.5 cm³/mol. The smallest absolute Gasteiger partial charge is 0.0476 e. The minimum absolute atomic E-state index is 0.299. The highest BCUT2D eigenvalue weighted by Crippen LogP contribution is 2.29. The number of anilines is 1. The van der Waals surface area contributed by atoms with E-state index in [1.807, 2.05) is 0 Å². The molecule has 1 saturated heterocycles. The summed E-state index contributed by atoms with van der Waals surface area (Å²) in [6.07, 6.45) is 2.31. The highest BCUT2D eigenvalue weighted by molar-refractivity contribution is 9.10. The summed E-state index contributed by atoms with van der Waals surface area (Å²) in [5.74, 6) is 0.416. The molecule has 4 heteroatoms. The molecule has 1 aliphatic heterocycles. The van der Waals surface area contributed by atoms with Gasteiger partial charge in [0.2, 0.25) is 0 Å². The van der Waals surface area contributed by atoms with Crippen LogP contribution in [0.3, 0.4) is 0 Å². The fraction of sp³-hybridized carbons (Fsp3) is 0.600. The second-order valence-corrected chi connectivity index (χ2v) is 6.11. The molecule has 19 heavy (non-hydrogen) atoms. The molecule has 2 rings (SSSR count). The number of hydrogen-bond donors (Lipinski definition) is 2. The van der Waals surface area contributed by atoms with Crippen LogP contribution in [0.2, 0.25) is 0 Å². The molecule has 2 N–H and O–H groups in total. The van der Waals surface area contributed by atoms with Gasteiger partial charge in [-0.25, -0.2) is 0 Å². The molecule has 1 aliphatic rings. The molecule has 0 bridgehead atoms. The molecular weight excluding hydrogens is 304 g/mol. The normalized spacial score (nSPS) is 19.7. The molecule has 0 spiro atoms. The first-order valence-electron chi connectivity index (χ1n) is 7.09. The van der Waals surface area contributed by atoms with Gasteiger partial charge in [-0.15, -0.1) is 0 Å². The number of aliphatic hydroxyl groups is 1. The summed E-state index contributed by atoms with van der Waals surface area (Å²) < 4.78 is 1.12. The van der Waals surface area contributed by atoms with Gasteiger partial charge in [-0.1, -0.05) is 28.9 Å². The molecule has 0 radical (unpaired) electrons. The largest absolute Gasteiger partial charge is 0.396 e. The molecule has 1 heterocycles. The van der Waals surface area contributed by atoms with Gasteiger partial charge in [-0.2, -0.15) is 0 Å². The molecule has 3 nitrogen and oxygen atoms in total. The second-order valence-electron chi connectivity index (χ2n) is 5.19. The Morgan fingerprint density at radius 2 is 2.32 bits per heavy atom. The lowest BCUT2D eigenvalue weighted by Gasteiger charge is -2.35. The van der Waals surface area contributed by atoms with Crippen LogP contribution in [0.4, 0.5) is 5.69 Å². The van der Waals surface area contributed by atoms with Crippen molar-refractivity contribution in [1.29, 1.82) is 0 Å². The second kappa shape index (κ2) is 7.27. The van der Waals surface area contributed by atoms with Crippen LogP contribution in [-0.2, 0) is 6.54 Å². The molecule has 106 valence electrons. The highest BCUT2D eigenvalue weighted by atomic mass is 79.9. The van der Waals surface area contributed by atoms with Crippen molar-refractivity contribution in [2.24, 2.45) is 5.92 Å². The standard InChI is InChI=1S/C15H23BrN2O/c1-2-17-9-13-5-6-14(16)8-15(13)18-7-3-4-12(10-18)11-19/h5-6,8,12,17,19H,2-4,7,9-11H2,1H3. The molecule has 0 amide bonds. The van der Waals surface area contributed by atoms with Crippen molar-refractivity contribution in [1.82, 2.24) is 5.32 Å². The Kier molecular flexibility index (Phi) is 5.67. The Labute approximate surface area is 124 Å². The number of rotatable bonds is 5. The fourth-order valence-electron chi connectivity index (χ4n) is 2.67. The lowest BCUT2D eigenvalue weighted by atomic mass is 9.97. The number of halogens is 1. The van der Waals surface area contributed by atoms with Crippen LogP contribution in [0.1, 0.15) is 25.3 Å². The first-order valence-corrected chi connectivity index (χ1v) is 7.88. The molecular formula is C15H23BrN2O. The van der Waals surface area contributed by atoms with Crippen LogP contribution >= 0.6 is 15.9 Å². The lowest BCUT2D eigenvalue weighted by Crippen LogP contribution is -2.37. The zero-order chi connectivity index (χ0) is 13.7. The summed E-state index contributed by atoms with van der Waals surface area (Å²) in [5.41, 5.74) is 2.64. The summed E-state index contributed by atoms with van der Waals surface area (Å²) in [5, 5.41) is 12.8. The highest BCUT2D eigenvalue weighted by Gasteiger charge is 2.21. The number of benzene rings is 1. The SMILES string of the molecule is CCNCc1ccc(Br)cc1N1CCCC(CO)C1. The van der Waals surface area contributed by atoms with E-state index in [1.165, 1.54) is 17.7 Å². The summed E-state index contributed by atoms with van der Waals surface area (Å²) in [6, 6.07) is 6.49. The maximum Gasteiger partial charge on any atom is 0.0476 e. The Morgan fingerprint density at radius 3 is 3.05 bits per heavy atom. The molecule has 1 aromatic carbocycles. The third-order valence-corrected chi connectivity index (χ3v) is 4.22. The number of nitrogens with one attached hydrogen (secondary N) is 1. The van der Waals surface area contributed by atoms with E-state index < -0.39 is 0 Å². The number of nitrogens with zero attached hydrogens (tertiary/aromatic N) is 1. The van der Waals surface area contributed by atoms with E-state index >= 15 is 0 Å². The van der Waals surface area contributed by atoms with E-state index in [4.69, 9.17) is 0 Å². The Hall–Kier alpha value is -0.580. The third-order valence-electron chi connectivity index (χ3n) is 3.73. The van der Waals surface area contributed by atoms with Crippen LogP contribution in [0.25, 0.3) is 0 Å². The number of aliphatic hydroxyl groups excluding tert-OH is 1. The summed E-state index contributed by atoms with van der Waals surface area (Å²) in [4.78, 5) is 2.42. The van der Waals surface area contributed by atoms with Crippen molar-refractivity contribution < 1.29 is 5.11 Å². The van der Waals surface area contributed by atoms with Crippen molar-refractivity contribution >= 4 is 21.6 Å². The van der Waals surface area contributed by atoms with Crippen LogP contribution in [0.5, 0.6) is 0 Å². The first-order chi connectivity index (χ1) is 9.24. The van der Waals surface area contributed by atoms with E-state index in [1.54, 1.807) is 0 Å². The van der Waals surface area contributed by atoms with Gasteiger partial charge in [0, 0.05) is 36.4 Å². The van der Waals surface area contributed by atoms with Gasteiger partial charge in [0.1, 0.15) is 0 Å². The Balaban J connectivity index is 2.18. The zero-order valence-electron chi connectivity index (χ0n) is 11.5. The minimum atomic E-state index is 0.299. The summed E-state index contributed by atoms with van der Waals surface area (Å²) in [6.45, 7) is 6.36. The van der Waals surface area contributed by atoms with Crippen LogP contribution in [0, 0.1) is 5.92 Å². The van der Waals surface area contributed by atoms with Crippen molar-refractivity contribution in [3.8, 4) is 0 Å². The number of hydrogen-bond acceptors (Lipinski definition) is 3. The van der Waals surface area contributed by atoms with Crippen molar-refractivity contribution in [3.05, 3.63) is 28.2 Å². The van der Waals surface area contributed by atoms with E-state index in [-0.39, 0.29) is 0 Å². The molecule has 0 saturated carbocycles. The number of piperidine rings is 1. The van der Waals surface area contributed by atoms with E-state index in [0.717, 1.165) is 37.1 Å². The fourth-order valence-corrected chi connectivity index (χ4v) is 3.02. The maximum atomic E-state index is 9.37. The Bertz CT molecular complexity index is 411. The molecule has 0 aromatic heterocycles. The van der Waals surface area contributed by atoms with Gasteiger partial charge in [0.25, 0.3) is 0 Å². The van der Waals surface area contributed by atoms with Crippen LogP contribution in [-0.4, -0.2) is 31.3 Å². The van der Waals surface area contributed by atoms with Crippen molar-refractivity contribution in [3.63, 3.8) is 0 Å². The molecule has 1 fully saturated rings. The van der Waals surface area contributed by atoms with Gasteiger partial charge in [0.05, 0.1) is 0 Å². The first kappa shape index (κ1) is 14.8. The van der Waals surface area contributed by atoms with Gasteiger partial charge in [-0.3, -0.25) is 0 Å². The quantitative estimate of drug-likeness (QED) is 0.873. The Morgan fingerprint density at radius 1 is 1.47 bits per heavy atom. The van der Waals surface area contributed by atoms with Gasteiger partial charge in [-0.05, 0) is 43.0 Å². The van der Waals surface area contributed by atoms with Crippen LogP contribution < -0.4 is 10.2 Å². The van der Waals surface area contributed by atoms with Gasteiger partial charge < -0.3 is 15.3 Å². The minimum Gasteiger partial charge on any atom is -0.396 e. The van der Waals surface area contributed by atoms with E-state index in [0.29, 0.717) is 12.5 Å². The monoisotopic (exact) mass is 326 g/mol. The topological polar surface area (TPSA) is 35.5 Å². The zero-order valence-corrected chi connectivity index (χ0v) is 13.1. The van der Waals surface area contributed by atoms with Crippen molar-refractivity contribution in [2.75, 3.05) is 31.1 Å². The van der Waals surface area contributed by atoms with Crippen molar-refractivity contribution in [2.45, 2.75) is 26.3 Å². The molecule has 1 unspecified atom stereocenters. The summed E-state index contributed by atoms with van der Waals surface area (Å²) in [7, 11) is 0. The average Bonchev–Trinajstić information content (AvgIpc) is 2.46. The van der Waals surface area contributed by atoms with Gasteiger partial charge in [0.15, 0.2) is 0 Å². The third kappa shape index (κ3) is 3.94. The molecule has 1 atom stereocenters. The maximum absolute atomic E-state index is 9.37. The lowest BCUT2D eigenvalue weighted by molar-refractivity contribution is 0.208. The molecule has 1 aromatic rings. The van der Waals surface area contributed by atoms with Crippen LogP contribution in [0.15, 0.2) is 22.7 Å². The van der Waals surface area contributed by atoms with Gasteiger partial charge >= 0.3 is 0 Å². The summed E-state index contributed by atoms with van der Waals surface area (Å²) >= 11 is 3.57. The molecule has 0 aliphatic carbocycles. The van der Waals surface area contributed by atoms with E-state index in [9.17, 15) is 5.11 Å². The predicted octanol–water partition coefficient (Wildman–Crippen LogP) is 2.77. The van der Waals surface area contributed by atoms with E-state index in [2.05, 4.69) is 51.3 Å².